The Labute approximate surface area is 132 Å². The summed E-state index contributed by atoms with van der Waals surface area (Å²) in [6.07, 6.45) is 2.19. The summed E-state index contributed by atoms with van der Waals surface area (Å²) in [5.74, 6) is 0.811. The third-order valence-electron chi connectivity index (χ3n) is 3.83. The fourth-order valence-electron chi connectivity index (χ4n) is 2.62. The molecule has 3 rings (SSSR count). The Kier molecular flexibility index (Phi) is 4.14. The summed E-state index contributed by atoms with van der Waals surface area (Å²) in [6.45, 7) is 2.79. The van der Waals surface area contributed by atoms with Crippen molar-refractivity contribution in [1.82, 2.24) is 20.5 Å². The standard InChI is InChI=1S/C15H18N4O4/c1-3-4-9-7-11(17-22-9)15(21)19-6-5-12-10(8-19)13(18-23-12)14(20)16-2/h7H,3-6,8H2,1-2H3,(H,16,20). The summed E-state index contributed by atoms with van der Waals surface area (Å²) in [5.41, 5.74) is 1.17. The first kappa shape index (κ1) is 15.3. The molecule has 8 heteroatoms. The SMILES string of the molecule is CCCc1cc(C(=O)N2CCc3onc(C(=O)NC)c3C2)no1. The molecule has 0 aromatic carbocycles. The highest BCUT2D eigenvalue weighted by atomic mass is 16.5. The van der Waals surface area contributed by atoms with E-state index in [9.17, 15) is 9.59 Å². The van der Waals surface area contributed by atoms with Crippen molar-refractivity contribution in [2.24, 2.45) is 0 Å². The highest BCUT2D eigenvalue weighted by Crippen LogP contribution is 2.23. The number of fused-ring (bicyclic) bond motifs is 1. The molecule has 0 bridgehead atoms. The summed E-state index contributed by atoms with van der Waals surface area (Å²) >= 11 is 0. The number of hydrogen-bond donors (Lipinski definition) is 1. The molecule has 0 fully saturated rings. The maximum absolute atomic E-state index is 12.6. The second kappa shape index (κ2) is 6.23. The van der Waals surface area contributed by atoms with Crippen LogP contribution in [0, 0.1) is 0 Å². The first-order chi connectivity index (χ1) is 11.1. The minimum Gasteiger partial charge on any atom is -0.361 e. The molecule has 0 radical (unpaired) electrons. The van der Waals surface area contributed by atoms with E-state index >= 15 is 0 Å². The van der Waals surface area contributed by atoms with Gasteiger partial charge < -0.3 is 19.3 Å². The Morgan fingerprint density at radius 1 is 1.35 bits per heavy atom. The van der Waals surface area contributed by atoms with Crippen molar-refractivity contribution < 1.29 is 18.6 Å². The van der Waals surface area contributed by atoms with E-state index in [2.05, 4.69) is 15.6 Å². The summed E-state index contributed by atoms with van der Waals surface area (Å²) in [6, 6.07) is 1.68. The van der Waals surface area contributed by atoms with Crippen molar-refractivity contribution in [3.8, 4) is 0 Å². The lowest BCUT2D eigenvalue weighted by Gasteiger charge is -2.25. The van der Waals surface area contributed by atoms with Crippen LogP contribution in [0.15, 0.2) is 15.1 Å². The van der Waals surface area contributed by atoms with Crippen LogP contribution < -0.4 is 5.32 Å². The van der Waals surface area contributed by atoms with Crippen LogP contribution >= 0.6 is 0 Å². The van der Waals surface area contributed by atoms with E-state index in [1.807, 2.05) is 6.92 Å². The quantitative estimate of drug-likeness (QED) is 0.908. The minimum atomic E-state index is -0.323. The number of nitrogens with one attached hydrogen (secondary N) is 1. The molecule has 2 aromatic rings. The van der Waals surface area contributed by atoms with Gasteiger partial charge >= 0.3 is 0 Å². The lowest BCUT2D eigenvalue weighted by atomic mass is 10.1. The Bertz CT molecular complexity index is 734. The van der Waals surface area contributed by atoms with Crippen LogP contribution in [0.25, 0.3) is 0 Å². The van der Waals surface area contributed by atoms with Crippen LogP contribution in [-0.2, 0) is 19.4 Å². The van der Waals surface area contributed by atoms with Gasteiger partial charge in [0.1, 0.15) is 11.5 Å². The molecule has 1 N–H and O–H groups in total. The van der Waals surface area contributed by atoms with Gasteiger partial charge in [0.15, 0.2) is 11.4 Å². The average molecular weight is 318 g/mol. The number of aryl methyl sites for hydroxylation is 1. The zero-order valence-electron chi connectivity index (χ0n) is 13.1. The molecular weight excluding hydrogens is 300 g/mol. The Morgan fingerprint density at radius 3 is 2.91 bits per heavy atom. The normalized spacial score (nSPS) is 13.7. The van der Waals surface area contributed by atoms with Crippen LogP contribution in [0.1, 0.15) is 51.4 Å². The van der Waals surface area contributed by atoms with E-state index in [0.717, 1.165) is 12.8 Å². The number of amides is 2. The molecule has 0 atom stereocenters. The summed E-state index contributed by atoms with van der Waals surface area (Å²) < 4.78 is 10.4. The zero-order valence-corrected chi connectivity index (χ0v) is 13.1. The lowest BCUT2D eigenvalue weighted by Crippen LogP contribution is -2.36. The van der Waals surface area contributed by atoms with Gasteiger partial charge in [-0.05, 0) is 6.42 Å². The van der Waals surface area contributed by atoms with Crippen LogP contribution in [-0.4, -0.2) is 40.6 Å². The largest absolute Gasteiger partial charge is 0.361 e. The van der Waals surface area contributed by atoms with E-state index in [1.54, 1.807) is 11.0 Å². The van der Waals surface area contributed by atoms with Gasteiger partial charge in [-0.1, -0.05) is 17.2 Å². The van der Waals surface area contributed by atoms with E-state index in [4.69, 9.17) is 9.05 Å². The van der Waals surface area contributed by atoms with Gasteiger partial charge in [-0.3, -0.25) is 9.59 Å². The summed E-state index contributed by atoms with van der Waals surface area (Å²) in [4.78, 5) is 26.0. The van der Waals surface area contributed by atoms with Crippen LogP contribution in [0.3, 0.4) is 0 Å². The van der Waals surface area contributed by atoms with Gasteiger partial charge in [0, 0.05) is 38.1 Å². The van der Waals surface area contributed by atoms with Gasteiger partial charge in [-0.25, -0.2) is 0 Å². The number of rotatable bonds is 4. The molecule has 8 nitrogen and oxygen atoms in total. The topological polar surface area (TPSA) is 101 Å². The molecule has 2 amide bonds. The predicted octanol–water partition coefficient (Wildman–Crippen LogP) is 1.17. The number of aromatic nitrogens is 2. The highest BCUT2D eigenvalue weighted by Gasteiger charge is 2.30. The van der Waals surface area contributed by atoms with Crippen LogP contribution in [0.4, 0.5) is 0 Å². The van der Waals surface area contributed by atoms with Gasteiger partial charge in [-0.2, -0.15) is 0 Å². The van der Waals surface area contributed by atoms with Crippen molar-refractivity contribution in [2.75, 3.05) is 13.6 Å². The average Bonchev–Trinajstić information content (AvgIpc) is 3.20. The van der Waals surface area contributed by atoms with Crippen molar-refractivity contribution in [3.05, 3.63) is 34.5 Å². The monoisotopic (exact) mass is 318 g/mol. The third-order valence-corrected chi connectivity index (χ3v) is 3.83. The molecule has 23 heavy (non-hydrogen) atoms. The molecule has 1 aliphatic rings. The van der Waals surface area contributed by atoms with Crippen molar-refractivity contribution >= 4 is 11.8 Å². The fourth-order valence-corrected chi connectivity index (χ4v) is 2.62. The summed E-state index contributed by atoms with van der Waals surface area (Å²) in [5, 5.41) is 10.2. The van der Waals surface area contributed by atoms with Crippen molar-refractivity contribution in [2.45, 2.75) is 32.7 Å². The third kappa shape index (κ3) is 2.84. The highest BCUT2D eigenvalue weighted by molar-refractivity contribution is 5.95. The molecule has 0 aliphatic carbocycles. The number of carbonyl (C=O) groups is 2. The Morgan fingerprint density at radius 2 is 2.17 bits per heavy atom. The zero-order chi connectivity index (χ0) is 16.4. The molecule has 0 saturated carbocycles. The predicted molar refractivity (Wildman–Crippen MR) is 78.8 cm³/mol. The van der Waals surface area contributed by atoms with Gasteiger partial charge in [0.25, 0.3) is 11.8 Å². The lowest BCUT2D eigenvalue weighted by molar-refractivity contribution is 0.0716. The van der Waals surface area contributed by atoms with Crippen LogP contribution in [0.5, 0.6) is 0 Å². The van der Waals surface area contributed by atoms with Crippen molar-refractivity contribution in [3.63, 3.8) is 0 Å². The smallest absolute Gasteiger partial charge is 0.276 e. The molecule has 122 valence electrons. The van der Waals surface area contributed by atoms with Gasteiger partial charge in [-0.15, -0.1) is 0 Å². The van der Waals surface area contributed by atoms with E-state index < -0.39 is 0 Å². The molecular formula is C15H18N4O4. The van der Waals surface area contributed by atoms with Gasteiger partial charge in [0.2, 0.25) is 0 Å². The minimum absolute atomic E-state index is 0.217. The molecule has 0 saturated heterocycles. The Balaban J connectivity index is 1.79. The number of hydrogen-bond acceptors (Lipinski definition) is 6. The fraction of sp³-hybridized carbons (Fsp3) is 0.467. The number of carbonyl (C=O) groups excluding carboxylic acids is 2. The van der Waals surface area contributed by atoms with E-state index in [1.165, 1.54) is 7.05 Å². The van der Waals surface area contributed by atoms with Crippen molar-refractivity contribution in [1.29, 1.82) is 0 Å². The molecule has 2 aromatic heterocycles. The molecule has 0 unspecified atom stereocenters. The van der Waals surface area contributed by atoms with Crippen LogP contribution in [0.2, 0.25) is 0 Å². The molecule has 3 heterocycles. The Hall–Kier alpha value is -2.64. The number of nitrogens with zero attached hydrogens (tertiary/aromatic N) is 3. The van der Waals surface area contributed by atoms with E-state index in [0.29, 0.717) is 30.0 Å². The first-order valence-corrected chi connectivity index (χ1v) is 7.58. The molecule has 0 spiro atoms. The maximum atomic E-state index is 12.6. The van der Waals surface area contributed by atoms with Gasteiger partial charge in [0.05, 0.1) is 6.54 Å². The van der Waals surface area contributed by atoms with E-state index in [-0.39, 0.29) is 29.7 Å². The molecule has 1 aliphatic heterocycles. The summed E-state index contributed by atoms with van der Waals surface area (Å²) in [7, 11) is 1.53. The maximum Gasteiger partial charge on any atom is 0.276 e. The second-order valence-electron chi connectivity index (χ2n) is 5.42. The first-order valence-electron chi connectivity index (χ1n) is 7.58. The second-order valence-corrected chi connectivity index (χ2v) is 5.42.